The van der Waals surface area contributed by atoms with Gasteiger partial charge in [0, 0.05) is 39.3 Å². The van der Waals surface area contributed by atoms with E-state index in [0.717, 1.165) is 31.7 Å². The highest BCUT2D eigenvalue weighted by Gasteiger charge is 2.37. The average Bonchev–Trinajstić information content (AvgIpc) is 2.64. The van der Waals surface area contributed by atoms with E-state index in [0.29, 0.717) is 19.5 Å². The van der Waals surface area contributed by atoms with Crippen LogP contribution in [0, 0.1) is 11.8 Å². The summed E-state index contributed by atoms with van der Waals surface area (Å²) < 4.78 is 0. The number of hydrogen-bond acceptors (Lipinski definition) is 4. The molecule has 0 saturated carbocycles. The van der Waals surface area contributed by atoms with Crippen molar-refractivity contribution in [1.29, 1.82) is 0 Å². The first-order valence-corrected chi connectivity index (χ1v) is 9.45. The van der Waals surface area contributed by atoms with Crippen molar-refractivity contribution in [3.8, 4) is 0 Å². The number of likely N-dealkylation sites (N-methyl/N-ethyl adjacent to an activating group) is 1. The zero-order chi connectivity index (χ0) is 18.7. The van der Waals surface area contributed by atoms with Crippen molar-refractivity contribution < 1.29 is 14.7 Å². The molecule has 1 N–H and O–H groups in total. The van der Waals surface area contributed by atoms with E-state index < -0.39 is 11.9 Å². The highest BCUT2D eigenvalue weighted by atomic mass is 16.4. The summed E-state index contributed by atoms with van der Waals surface area (Å²) in [7, 11) is 2.10. The third-order valence-electron chi connectivity index (χ3n) is 5.57. The smallest absolute Gasteiger partial charge is 0.308 e. The second-order valence-corrected chi connectivity index (χ2v) is 7.77. The molecule has 3 rings (SSSR count). The predicted octanol–water partition coefficient (Wildman–Crippen LogP) is 1.54. The number of piperazine rings is 1. The number of piperidine rings is 1. The minimum atomic E-state index is -0.801. The molecule has 1 aromatic rings. The number of carboxylic acid groups (broad SMARTS) is 1. The van der Waals surface area contributed by atoms with Crippen LogP contribution in [0.2, 0.25) is 0 Å². The summed E-state index contributed by atoms with van der Waals surface area (Å²) in [6, 6.07) is 9.56. The molecular weight excluding hydrogens is 330 g/mol. The molecule has 3 atom stereocenters. The van der Waals surface area contributed by atoms with Crippen LogP contribution in [0.4, 0.5) is 0 Å². The van der Waals surface area contributed by atoms with Gasteiger partial charge in [-0.3, -0.25) is 14.5 Å². The fourth-order valence-corrected chi connectivity index (χ4v) is 4.11. The molecule has 0 radical (unpaired) electrons. The first-order valence-electron chi connectivity index (χ1n) is 9.45. The van der Waals surface area contributed by atoms with Crippen molar-refractivity contribution in [2.24, 2.45) is 11.8 Å². The molecular formula is C20H29N3O3. The number of carboxylic acids is 1. The molecule has 3 unspecified atom stereocenters. The Balaban J connectivity index is 1.84. The van der Waals surface area contributed by atoms with Gasteiger partial charge < -0.3 is 14.9 Å². The molecule has 2 aliphatic rings. The highest BCUT2D eigenvalue weighted by Crippen LogP contribution is 2.29. The third kappa shape index (κ3) is 4.24. The Labute approximate surface area is 155 Å². The molecule has 6 heteroatoms. The van der Waals surface area contributed by atoms with Gasteiger partial charge in [-0.25, -0.2) is 0 Å². The zero-order valence-electron chi connectivity index (χ0n) is 15.7. The Morgan fingerprint density at radius 2 is 1.73 bits per heavy atom. The number of hydrogen-bond donors (Lipinski definition) is 1. The van der Waals surface area contributed by atoms with Gasteiger partial charge in [0.15, 0.2) is 0 Å². The molecule has 2 aliphatic heterocycles. The quantitative estimate of drug-likeness (QED) is 0.884. The molecule has 0 bridgehead atoms. The molecule has 142 valence electrons. The van der Waals surface area contributed by atoms with Crippen LogP contribution in [0.3, 0.4) is 0 Å². The van der Waals surface area contributed by atoms with Crippen LogP contribution in [0.1, 0.15) is 24.9 Å². The van der Waals surface area contributed by atoms with Crippen LogP contribution >= 0.6 is 0 Å². The van der Waals surface area contributed by atoms with Crippen molar-refractivity contribution in [3.63, 3.8) is 0 Å². The van der Waals surface area contributed by atoms with Gasteiger partial charge in [-0.1, -0.05) is 37.3 Å². The molecule has 1 amide bonds. The molecule has 2 heterocycles. The minimum absolute atomic E-state index is 0.0403. The summed E-state index contributed by atoms with van der Waals surface area (Å²) in [6.45, 7) is 6.54. The number of nitrogens with zero attached hydrogens (tertiary/aromatic N) is 3. The predicted molar refractivity (Wildman–Crippen MR) is 99.7 cm³/mol. The van der Waals surface area contributed by atoms with Gasteiger partial charge in [0.05, 0.1) is 5.92 Å². The summed E-state index contributed by atoms with van der Waals surface area (Å²) in [5.74, 6) is -1.02. The molecule has 2 saturated heterocycles. The van der Waals surface area contributed by atoms with Gasteiger partial charge in [0.2, 0.25) is 5.91 Å². The van der Waals surface area contributed by atoms with Gasteiger partial charge >= 0.3 is 5.97 Å². The van der Waals surface area contributed by atoms with Gasteiger partial charge in [-0.05, 0) is 24.9 Å². The monoisotopic (exact) mass is 359 g/mol. The summed E-state index contributed by atoms with van der Waals surface area (Å²) in [4.78, 5) is 31.3. The Bertz CT molecular complexity index is 628. The maximum Gasteiger partial charge on any atom is 0.308 e. The molecule has 0 aliphatic carbocycles. The van der Waals surface area contributed by atoms with Crippen LogP contribution in [-0.4, -0.2) is 78.0 Å². The minimum Gasteiger partial charge on any atom is -0.481 e. The topological polar surface area (TPSA) is 64.1 Å². The molecule has 26 heavy (non-hydrogen) atoms. The number of carbonyl (C=O) groups is 2. The summed E-state index contributed by atoms with van der Waals surface area (Å²) in [6.07, 6.45) is 0.642. The SMILES string of the molecule is CC1CC(C(=O)O)CN(C(=O)C(c2ccccc2)N2CCN(C)CC2)C1. The van der Waals surface area contributed by atoms with Gasteiger partial charge in [0.25, 0.3) is 0 Å². The summed E-state index contributed by atoms with van der Waals surface area (Å²) in [5, 5.41) is 9.44. The molecule has 0 spiro atoms. The Kier molecular flexibility index (Phi) is 5.94. The lowest BCUT2D eigenvalue weighted by molar-refractivity contribution is -0.149. The van der Waals surface area contributed by atoms with E-state index in [1.165, 1.54) is 0 Å². The molecule has 2 fully saturated rings. The normalized spacial score (nSPS) is 26.5. The Morgan fingerprint density at radius 1 is 1.08 bits per heavy atom. The number of amides is 1. The van der Waals surface area contributed by atoms with E-state index >= 15 is 0 Å². The maximum absolute atomic E-state index is 13.5. The van der Waals surface area contributed by atoms with Crippen LogP contribution in [-0.2, 0) is 9.59 Å². The van der Waals surface area contributed by atoms with Crippen molar-refractivity contribution in [2.75, 3.05) is 46.3 Å². The lowest BCUT2D eigenvalue weighted by Crippen LogP contribution is -2.53. The Morgan fingerprint density at radius 3 is 2.35 bits per heavy atom. The van der Waals surface area contributed by atoms with Gasteiger partial charge in [-0.15, -0.1) is 0 Å². The fraction of sp³-hybridized carbons (Fsp3) is 0.600. The number of aliphatic carboxylic acids is 1. The lowest BCUT2D eigenvalue weighted by atomic mass is 9.89. The second kappa shape index (κ2) is 8.18. The van der Waals surface area contributed by atoms with Crippen LogP contribution in [0.5, 0.6) is 0 Å². The van der Waals surface area contributed by atoms with Gasteiger partial charge in [0.1, 0.15) is 6.04 Å². The fourth-order valence-electron chi connectivity index (χ4n) is 4.11. The number of carbonyl (C=O) groups excluding carboxylic acids is 1. The Hall–Kier alpha value is -1.92. The van der Waals surface area contributed by atoms with Crippen LogP contribution < -0.4 is 0 Å². The molecule has 0 aromatic heterocycles. The van der Waals surface area contributed by atoms with Crippen molar-refractivity contribution in [1.82, 2.24) is 14.7 Å². The van der Waals surface area contributed by atoms with E-state index in [1.807, 2.05) is 37.3 Å². The zero-order valence-corrected chi connectivity index (χ0v) is 15.7. The summed E-state index contributed by atoms with van der Waals surface area (Å²) in [5.41, 5.74) is 0.993. The first kappa shape index (κ1) is 18.9. The third-order valence-corrected chi connectivity index (χ3v) is 5.57. The second-order valence-electron chi connectivity index (χ2n) is 7.77. The first-order chi connectivity index (χ1) is 12.5. The number of likely N-dealkylation sites (tertiary alicyclic amines) is 1. The average molecular weight is 359 g/mol. The van der Waals surface area contributed by atoms with Crippen molar-refractivity contribution in [3.05, 3.63) is 35.9 Å². The lowest BCUT2D eigenvalue weighted by Gasteiger charge is -2.42. The van der Waals surface area contributed by atoms with Crippen LogP contribution in [0.15, 0.2) is 30.3 Å². The van der Waals surface area contributed by atoms with Gasteiger partial charge in [-0.2, -0.15) is 0 Å². The van der Waals surface area contributed by atoms with E-state index in [4.69, 9.17) is 0 Å². The molecule has 1 aromatic carbocycles. The van der Waals surface area contributed by atoms with E-state index in [9.17, 15) is 14.7 Å². The largest absolute Gasteiger partial charge is 0.481 e. The molecule has 6 nitrogen and oxygen atoms in total. The highest BCUT2D eigenvalue weighted by molar-refractivity contribution is 5.84. The number of benzene rings is 1. The van der Waals surface area contributed by atoms with E-state index in [1.54, 1.807) is 4.90 Å². The van der Waals surface area contributed by atoms with Crippen molar-refractivity contribution >= 4 is 11.9 Å². The maximum atomic E-state index is 13.5. The summed E-state index contributed by atoms with van der Waals surface area (Å²) >= 11 is 0. The van der Waals surface area contributed by atoms with Crippen LogP contribution in [0.25, 0.3) is 0 Å². The van der Waals surface area contributed by atoms with E-state index in [-0.39, 0.29) is 17.9 Å². The number of rotatable bonds is 4. The standard InChI is InChI=1S/C20H29N3O3/c1-15-12-17(20(25)26)14-23(13-15)19(24)18(16-6-4-3-5-7-16)22-10-8-21(2)9-11-22/h3-7,15,17-18H,8-14H2,1-2H3,(H,25,26). The van der Waals surface area contributed by atoms with Crippen molar-refractivity contribution in [2.45, 2.75) is 19.4 Å². The van der Waals surface area contributed by atoms with E-state index in [2.05, 4.69) is 16.8 Å².